The third-order valence-electron chi connectivity index (χ3n) is 6.31. The monoisotopic (exact) mass is 484 g/mol. The van der Waals surface area contributed by atoms with Gasteiger partial charge in [0.2, 0.25) is 0 Å². The number of hydrogen-bond donors (Lipinski definition) is 2. The molecule has 168 valence electrons. The number of alkyl halides is 1. The highest BCUT2D eigenvalue weighted by Gasteiger charge is 2.35. The van der Waals surface area contributed by atoms with Crippen LogP contribution in [0.2, 0.25) is 10.0 Å². The Morgan fingerprint density at radius 1 is 1.32 bits per heavy atom. The Morgan fingerprint density at radius 3 is 2.84 bits per heavy atom. The fourth-order valence-electron chi connectivity index (χ4n) is 4.70. The van der Waals surface area contributed by atoms with Crippen LogP contribution in [0.1, 0.15) is 47.1 Å². The number of nitrogens with zero attached hydrogens (tertiary/aromatic N) is 2. The zero-order valence-corrected chi connectivity index (χ0v) is 19.5. The number of amides is 1. The van der Waals surface area contributed by atoms with Gasteiger partial charge in [0.25, 0.3) is 5.91 Å². The second kappa shape index (κ2) is 10.6. The molecule has 2 aromatic rings. The van der Waals surface area contributed by atoms with E-state index in [4.69, 9.17) is 23.2 Å². The van der Waals surface area contributed by atoms with Crippen LogP contribution in [0.4, 0.5) is 4.39 Å². The first kappa shape index (κ1) is 22.9. The van der Waals surface area contributed by atoms with Crippen molar-refractivity contribution >= 4 is 40.4 Å². The van der Waals surface area contributed by atoms with Crippen molar-refractivity contribution in [1.29, 1.82) is 0 Å². The number of carbonyl (C=O) groups excluding carboxylic acids is 1. The standard InChI is InChI=1S/C22H27Cl2FN4OS/c23-16-3-1-2-15(20(16)24)19(29-9-6-26-7-10-29)13-14-4-5-18(17(25)12-14)28-21(30)22-27-8-11-31-22/h1-3,8,11,14,17-19,26H,4-7,9-10,12-13H2,(H,28,30). The number of piperazine rings is 1. The molecule has 4 rings (SSSR count). The molecule has 0 spiro atoms. The predicted molar refractivity (Wildman–Crippen MR) is 124 cm³/mol. The highest BCUT2D eigenvalue weighted by molar-refractivity contribution is 7.11. The maximum Gasteiger partial charge on any atom is 0.280 e. The van der Waals surface area contributed by atoms with Gasteiger partial charge in [-0.15, -0.1) is 11.3 Å². The molecule has 1 aliphatic heterocycles. The normalized spacial score (nSPS) is 25.8. The number of thiazole rings is 1. The SMILES string of the molecule is O=C(NC1CCC(CC(c2cccc(Cl)c2Cl)N2CCNCC2)CC1F)c1nccs1. The van der Waals surface area contributed by atoms with Crippen molar-refractivity contribution in [1.82, 2.24) is 20.5 Å². The quantitative estimate of drug-likeness (QED) is 0.622. The lowest BCUT2D eigenvalue weighted by molar-refractivity contribution is 0.0800. The number of hydrogen-bond acceptors (Lipinski definition) is 5. The minimum Gasteiger partial charge on any atom is -0.344 e. The van der Waals surface area contributed by atoms with Crippen LogP contribution in [0.3, 0.4) is 0 Å². The van der Waals surface area contributed by atoms with E-state index in [0.29, 0.717) is 27.9 Å². The summed E-state index contributed by atoms with van der Waals surface area (Å²) in [5.41, 5.74) is 1.02. The zero-order chi connectivity index (χ0) is 21.8. The van der Waals surface area contributed by atoms with E-state index in [0.717, 1.165) is 44.6 Å². The average Bonchev–Trinajstić information content (AvgIpc) is 3.32. The predicted octanol–water partition coefficient (Wildman–Crippen LogP) is 4.72. The van der Waals surface area contributed by atoms with Gasteiger partial charge in [-0.2, -0.15) is 0 Å². The van der Waals surface area contributed by atoms with Crippen LogP contribution in [-0.4, -0.2) is 54.2 Å². The maximum absolute atomic E-state index is 15.0. The molecule has 2 aliphatic rings. The summed E-state index contributed by atoms with van der Waals surface area (Å²) in [5.74, 6) is -0.0662. The Hall–Kier alpha value is -1.25. The molecule has 0 bridgehead atoms. The Morgan fingerprint density at radius 2 is 2.13 bits per heavy atom. The molecule has 2 N–H and O–H groups in total. The average molecular weight is 485 g/mol. The molecule has 5 nitrogen and oxygen atoms in total. The molecule has 31 heavy (non-hydrogen) atoms. The minimum absolute atomic E-state index is 0.104. The Bertz CT molecular complexity index is 878. The summed E-state index contributed by atoms with van der Waals surface area (Å²) in [5, 5.41) is 9.49. The van der Waals surface area contributed by atoms with Crippen molar-refractivity contribution in [2.75, 3.05) is 26.2 Å². The third kappa shape index (κ3) is 5.57. The summed E-state index contributed by atoms with van der Waals surface area (Å²) < 4.78 is 15.0. The molecule has 0 radical (unpaired) electrons. The van der Waals surface area contributed by atoms with Gasteiger partial charge in [-0.25, -0.2) is 9.37 Å². The Kier molecular flexibility index (Phi) is 7.82. The molecule has 1 saturated heterocycles. The summed E-state index contributed by atoms with van der Waals surface area (Å²) in [4.78, 5) is 18.7. The van der Waals surface area contributed by atoms with E-state index in [2.05, 4.69) is 20.5 Å². The lowest BCUT2D eigenvalue weighted by Gasteiger charge is -2.39. The third-order valence-corrected chi connectivity index (χ3v) is 7.92. The highest BCUT2D eigenvalue weighted by atomic mass is 35.5. The molecule has 1 aliphatic carbocycles. The van der Waals surface area contributed by atoms with Crippen molar-refractivity contribution in [3.8, 4) is 0 Å². The highest BCUT2D eigenvalue weighted by Crippen LogP contribution is 2.40. The first-order valence-electron chi connectivity index (χ1n) is 10.8. The fourth-order valence-corrected chi connectivity index (χ4v) is 5.67. The van der Waals surface area contributed by atoms with Crippen molar-refractivity contribution in [2.45, 2.75) is 43.9 Å². The van der Waals surface area contributed by atoms with Gasteiger partial charge in [0.05, 0.1) is 16.1 Å². The summed E-state index contributed by atoms with van der Waals surface area (Å²) >= 11 is 14.2. The molecular weight excluding hydrogens is 458 g/mol. The minimum atomic E-state index is -1.07. The van der Waals surface area contributed by atoms with Crippen LogP contribution < -0.4 is 10.6 Å². The van der Waals surface area contributed by atoms with E-state index in [1.165, 1.54) is 11.3 Å². The van der Waals surface area contributed by atoms with E-state index in [-0.39, 0.29) is 17.9 Å². The second-order valence-corrected chi connectivity index (χ2v) is 9.97. The molecule has 4 atom stereocenters. The fraction of sp³-hybridized carbons (Fsp3) is 0.545. The van der Waals surface area contributed by atoms with Crippen LogP contribution in [0.15, 0.2) is 29.8 Å². The number of halogens is 3. The van der Waals surface area contributed by atoms with Crippen LogP contribution in [-0.2, 0) is 0 Å². The van der Waals surface area contributed by atoms with Crippen molar-refractivity contribution in [2.24, 2.45) is 5.92 Å². The molecule has 1 aromatic carbocycles. The van der Waals surface area contributed by atoms with Crippen LogP contribution in [0, 0.1) is 5.92 Å². The molecule has 2 heterocycles. The van der Waals surface area contributed by atoms with Gasteiger partial charge in [-0.05, 0) is 43.2 Å². The Labute approximate surface area is 196 Å². The summed E-state index contributed by atoms with van der Waals surface area (Å²) in [6.45, 7) is 3.70. The van der Waals surface area contributed by atoms with Gasteiger partial charge >= 0.3 is 0 Å². The van der Waals surface area contributed by atoms with Crippen molar-refractivity contribution in [3.05, 3.63) is 50.4 Å². The number of carbonyl (C=O) groups is 1. The first-order valence-corrected chi connectivity index (χ1v) is 12.4. The van der Waals surface area contributed by atoms with Crippen LogP contribution >= 0.6 is 34.5 Å². The van der Waals surface area contributed by atoms with Crippen LogP contribution in [0.25, 0.3) is 0 Å². The number of rotatable bonds is 6. The van der Waals surface area contributed by atoms with E-state index in [1.807, 2.05) is 12.1 Å². The number of aromatic nitrogens is 1. The summed E-state index contributed by atoms with van der Waals surface area (Å²) in [7, 11) is 0. The Balaban J connectivity index is 1.43. The van der Waals surface area contributed by atoms with Gasteiger partial charge < -0.3 is 10.6 Å². The van der Waals surface area contributed by atoms with Gasteiger partial charge in [0.1, 0.15) is 6.17 Å². The van der Waals surface area contributed by atoms with Crippen molar-refractivity contribution < 1.29 is 9.18 Å². The molecule has 1 saturated carbocycles. The molecule has 1 aromatic heterocycles. The first-order chi connectivity index (χ1) is 15.0. The lowest BCUT2D eigenvalue weighted by atomic mass is 9.79. The maximum atomic E-state index is 15.0. The summed E-state index contributed by atoms with van der Waals surface area (Å²) in [6.07, 6.45) is 3.27. The topological polar surface area (TPSA) is 57.3 Å². The smallest absolute Gasteiger partial charge is 0.280 e. The lowest BCUT2D eigenvalue weighted by Crippen LogP contribution is -2.47. The van der Waals surface area contributed by atoms with Gasteiger partial charge in [0, 0.05) is 43.8 Å². The molecule has 1 amide bonds. The molecular formula is C22H27Cl2FN4OS. The second-order valence-electron chi connectivity index (χ2n) is 8.29. The zero-order valence-electron chi connectivity index (χ0n) is 17.2. The number of benzene rings is 1. The van der Waals surface area contributed by atoms with Gasteiger partial charge in [-0.1, -0.05) is 35.3 Å². The van der Waals surface area contributed by atoms with E-state index in [1.54, 1.807) is 17.6 Å². The molecule has 4 unspecified atom stereocenters. The molecule has 9 heteroatoms. The van der Waals surface area contributed by atoms with Gasteiger partial charge in [0.15, 0.2) is 5.01 Å². The van der Waals surface area contributed by atoms with Crippen LogP contribution in [0.5, 0.6) is 0 Å². The van der Waals surface area contributed by atoms with E-state index in [9.17, 15) is 4.79 Å². The van der Waals surface area contributed by atoms with Gasteiger partial charge in [-0.3, -0.25) is 9.69 Å². The molecule has 2 fully saturated rings. The van der Waals surface area contributed by atoms with E-state index < -0.39 is 12.2 Å². The largest absolute Gasteiger partial charge is 0.344 e. The van der Waals surface area contributed by atoms with E-state index >= 15 is 4.39 Å². The number of nitrogens with one attached hydrogen (secondary N) is 2. The van der Waals surface area contributed by atoms with Crippen molar-refractivity contribution in [3.63, 3.8) is 0 Å². The summed E-state index contributed by atoms with van der Waals surface area (Å²) in [6, 6.07) is 5.41.